The second-order valence-corrected chi connectivity index (χ2v) is 10.9. The number of hydrogen-bond acceptors (Lipinski definition) is 16. The maximum absolute atomic E-state index is 12.5. The average molecular weight is 676 g/mol. The van der Waals surface area contributed by atoms with Crippen molar-refractivity contribution in [2.45, 2.75) is 105 Å². The molecule has 0 radical (unpaired) electrons. The van der Waals surface area contributed by atoms with Crippen molar-refractivity contribution in [3.63, 3.8) is 0 Å². The third kappa shape index (κ3) is 7.88. The van der Waals surface area contributed by atoms with E-state index in [0.717, 1.165) is 12.1 Å². The van der Waals surface area contributed by atoms with E-state index in [1.165, 1.54) is 19.1 Å². The molecule has 3 aliphatic rings. The number of alkyl halides is 3. The summed E-state index contributed by atoms with van der Waals surface area (Å²) in [6.45, 7) is -0.231. The van der Waals surface area contributed by atoms with Crippen LogP contribution < -0.4 is 10.1 Å². The number of ether oxygens (including phenoxy) is 6. The molecule has 0 aliphatic carbocycles. The number of rotatable bonds is 9. The lowest BCUT2D eigenvalue weighted by Gasteiger charge is -2.48. The van der Waals surface area contributed by atoms with Gasteiger partial charge < -0.3 is 79.7 Å². The zero-order chi connectivity index (χ0) is 34.1. The molecule has 262 valence electrons. The first-order valence-corrected chi connectivity index (χ1v) is 14.0. The van der Waals surface area contributed by atoms with E-state index < -0.39 is 117 Å². The summed E-state index contributed by atoms with van der Waals surface area (Å²) in [5, 5.41) is 94.2. The van der Waals surface area contributed by atoms with Crippen molar-refractivity contribution in [3.8, 4) is 5.75 Å². The molecule has 0 bridgehead atoms. The number of aliphatic hydroxyl groups is 9. The van der Waals surface area contributed by atoms with Crippen LogP contribution in [0.1, 0.15) is 6.92 Å². The summed E-state index contributed by atoms with van der Waals surface area (Å²) in [7, 11) is 0. The molecule has 4 rings (SSSR count). The molecule has 0 saturated carbocycles. The summed E-state index contributed by atoms with van der Waals surface area (Å²) in [5.74, 6) is -2.22. The molecule has 3 heterocycles. The number of halogens is 3. The van der Waals surface area contributed by atoms with Gasteiger partial charge in [-0.15, -0.1) is 0 Å². The molecule has 20 heteroatoms. The maximum Gasteiger partial charge on any atom is 0.471 e. The van der Waals surface area contributed by atoms with Gasteiger partial charge in [0, 0.05) is 5.69 Å². The number of aliphatic hydroxyl groups excluding tert-OH is 9. The predicted molar refractivity (Wildman–Crippen MR) is 139 cm³/mol. The van der Waals surface area contributed by atoms with Crippen LogP contribution in [0, 0.1) is 0 Å². The van der Waals surface area contributed by atoms with E-state index in [1.807, 2.05) is 0 Å². The van der Waals surface area contributed by atoms with Gasteiger partial charge in [0.1, 0.15) is 72.9 Å². The summed E-state index contributed by atoms with van der Waals surface area (Å²) >= 11 is 0. The van der Waals surface area contributed by atoms with E-state index >= 15 is 0 Å². The number of amides is 1. The summed E-state index contributed by atoms with van der Waals surface area (Å²) in [4.78, 5) is 11.1. The van der Waals surface area contributed by atoms with Gasteiger partial charge >= 0.3 is 12.1 Å². The number of benzene rings is 1. The lowest BCUT2D eigenvalue weighted by Crippen LogP contribution is -2.66. The SMILES string of the molecule is CC1OC(Oc2ccc(NC(=O)C(F)(F)F)cc2)C(O)C(O)C1OC1OC(CO)C(O)C(O)C1OC1OC(CO)C(O)C(O)C1O. The number of carbonyl (C=O) groups excluding carboxylic acids is 1. The second kappa shape index (κ2) is 14.9. The Hall–Kier alpha value is -2.28. The molecule has 3 aliphatic heterocycles. The van der Waals surface area contributed by atoms with Crippen molar-refractivity contribution in [1.29, 1.82) is 0 Å². The van der Waals surface area contributed by atoms with Crippen LogP contribution in [-0.2, 0) is 28.5 Å². The number of anilines is 1. The molecule has 1 aromatic carbocycles. The minimum absolute atomic E-state index is 0.0284. The molecule has 17 nitrogen and oxygen atoms in total. The topological polar surface area (TPSA) is 267 Å². The maximum atomic E-state index is 12.5. The van der Waals surface area contributed by atoms with Crippen molar-refractivity contribution in [2.75, 3.05) is 18.5 Å². The highest BCUT2D eigenvalue weighted by Gasteiger charge is 2.53. The Bertz CT molecular complexity index is 1150. The van der Waals surface area contributed by atoms with E-state index in [-0.39, 0.29) is 11.4 Å². The largest absolute Gasteiger partial charge is 0.471 e. The van der Waals surface area contributed by atoms with E-state index in [2.05, 4.69) is 0 Å². The Kier molecular flexibility index (Phi) is 11.8. The first-order valence-electron chi connectivity index (χ1n) is 14.0. The molecule has 3 fully saturated rings. The van der Waals surface area contributed by atoms with Gasteiger partial charge in [0.2, 0.25) is 6.29 Å². The van der Waals surface area contributed by atoms with Crippen molar-refractivity contribution < 1.29 is 92.3 Å². The second-order valence-electron chi connectivity index (χ2n) is 10.9. The first kappa shape index (κ1) is 36.6. The molecule has 15 unspecified atom stereocenters. The van der Waals surface area contributed by atoms with Gasteiger partial charge in [-0.25, -0.2) is 0 Å². The van der Waals surface area contributed by atoms with Crippen LogP contribution in [0.3, 0.4) is 0 Å². The van der Waals surface area contributed by atoms with Crippen LogP contribution in [0.5, 0.6) is 5.75 Å². The zero-order valence-electron chi connectivity index (χ0n) is 23.9. The molecular formula is C26H36F3NO16. The third-order valence-corrected chi connectivity index (χ3v) is 7.65. The quantitative estimate of drug-likeness (QED) is 0.120. The van der Waals surface area contributed by atoms with E-state index in [0.29, 0.717) is 0 Å². The molecule has 1 aromatic rings. The molecular weight excluding hydrogens is 639 g/mol. The van der Waals surface area contributed by atoms with Crippen LogP contribution >= 0.6 is 0 Å². The highest BCUT2D eigenvalue weighted by molar-refractivity contribution is 5.94. The number of carbonyl (C=O) groups is 1. The van der Waals surface area contributed by atoms with Gasteiger partial charge in [-0.3, -0.25) is 4.79 Å². The van der Waals surface area contributed by atoms with Gasteiger partial charge in [0.05, 0.1) is 19.3 Å². The Morgan fingerprint density at radius 3 is 1.78 bits per heavy atom. The zero-order valence-corrected chi connectivity index (χ0v) is 23.9. The fraction of sp³-hybridized carbons (Fsp3) is 0.731. The van der Waals surface area contributed by atoms with Crippen LogP contribution in [0.2, 0.25) is 0 Å². The summed E-state index contributed by atoms with van der Waals surface area (Å²) in [6.07, 6.45) is -30.2. The van der Waals surface area contributed by atoms with E-state index in [9.17, 15) is 63.9 Å². The smallest absolute Gasteiger partial charge is 0.462 e. The van der Waals surface area contributed by atoms with Gasteiger partial charge in [-0.1, -0.05) is 0 Å². The fourth-order valence-electron chi connectivity index (χ4n) is 5.04. The van der Waals surface area contributed by atoms with Gasteiger partial charge in [-0.2, -0.15) is 13.2 Å². The normalized spacial score (nSPS) is 42.0. The van der Waals surface area contributed by atoms with E-state index in [1.54, 1.807) is 5.32 Å². The number of hydrogen-bond donors (Lipinski definition) is 10. The molecule has 46 heavy (non-hydrogen) atoms. The molecule has 3 saturated heterocycles. The van der Waals surface area contributed by atoms with Crippen molar-refractivity contribution in [1.82, 2.24) is 0 Å². The van der Waals surface area contributed by atoms with Crippen molar-refractivity contribution in [3.05, 3.63) is 24.3 Å². The summed E-state index contributed by atoms with van der Waals surface area (Å²) in [6, 6.07) is 4.51. The first-order chi connectivity index (χ1) is 21.6. The lowest BCUT2D eigenvalue weighted by molar-refractivity contribution is -0.384. The molecule has 0 spiro atoms. The van der Waals surface area contributed by atoms with Crippen molar-refractivity contribution >= 4 is 11.6 Å². The lowest BCUT2D eigenvalue weighted by atomic mass is 9.96. The van der Waals surface area contributed by atoms with Crippen LogP contribution in [0.25, 0.3) is 0 Å². The molecule has 10 N–H and O–H groups in total. The highest BCUT2D eigenvalue weighted by Crippen LogP contribution is 2.33. The monoisotopic (exact) mass is 675 g/mol. The Morgan fingerprint density at radius 2 is 1.22 bits per heavy atom. The van der Waals surface area contributed by atoms with Crippen molar-refractivity contribution in [2.24, 2.45) is 0 Å². The number of nitrogens with one attached hydrogen (secondary N) is 1. The Balaban J connectivity index is 1.45. The highest BCUT2D eigenvalue weighted by atomic mass is 19.4. The average Bonchev–Trinajstić information content (AvgIpc) is 3.01. The Morgan fingerprint density at radius 1 is 0.717 bits per heavy atom. The van der Waals surface area contributed by atoms with Crippen LogP contribution in [0.15, 0.2) is 24.3 Å². The van der Waals surface area contributed by atoms with Crippen LogP contribution in [-0.4, -0.2) is 163 Å². The summed E-state index contributed by atoms with van der Waals surface area (Å²) in [5.41, 5.74) is -0.205. The van der Waals surface area contributed by atoms with Gasteiger partial charge in [0.25, 0.3) is 0 Å². The third-order valence-electron chi connectivity index (χ3n) is 7.65. The molecule has 1 amide bonds. The summed E-state index contributed by atoms with van der Waals surface area (Å²) < 4.78 is 70.8. The standard InChI is InChI=1S/C26H36F3NO16/c1-8-20(17(37)19(39)22(41-8)42-10-4-2-9(3-5-10)30-25(40)26(27,28)29)45-24-21(16(36)14(34)12(7-32)44-24)46-23-18(38)15(35)13(33)11(6-31)43-23/h2-5,8,11-24,31-39H,6-7H2,1H3,(H,30,40). The minimum Gasteiger partial charge on any atom is -0.462 e. The van der Waals surface area contributed by atoms with Crippen LogP contribution in [0.4, 0.5) is 18.9 Å². The van der Waals surface area contributed by atoms with Gasteiger partial charge in [0.15, 0.2) is 12.6 Å². The predicted octanol–water partition coefficient (Wildman–Crippen LogP) is -3.96. The fourth-order valence-corrected chi connectivity index (χ4v) is 5.04. The molecule has 0 aromatic heterocycles. The molecule has 15 atom stereocenters. The Labute approximate surface area is 258 Å². The van der Waals surface area contributed by atoms with E-state index in [4.69, 9.17) is 28.4 Å². The van der Waals surface area contributed by atoms with Gasteiger partial charge in [-0.05, 0) is 31.2 Å². The minimum atomic E-state index is -5.11.